The van der Waals surface area contributed by atoms with Gasteiger partial charge in [0, 0.05) is 19.0 Å². The van der Waals surface area contributed by atoms with Crippen molar-refractivity contribution < 1.29 is 4.79 Å². The van der Waals surface area contributed by atoms with Gasteiger partial charge in [-0.2, -0.15) is 0 Å². The molecule has 0 aliphatic carbocycles. The summed E-state index contributed by atoms with van der Waals surface area (Å²) in [6.45, 7) is 14.9. The summed E-state index contributed by atoms with van der Waals surface area (Å²) in [5, 5.41) is 0. The van der Waals surface area contributed by atoms with Crippen molar-refractivity contribution in [1.29, 1.82) is 0 Å². The van der Waals surface area contributed by atoms with Crippen molar-refractivity contribution in [2.75, 3.05) is 7.05 Å². The van der Waals surface area contributed by atoms with E-state index >= 15 is 0 Å². The molecule has 0 aliphatic heterocycles. The van der Waals surface area contributed by atoms with Gasteiger partial charge >= 0.3 is 0 Å². The molecule has 0 heterocycles. The molecule has 1 amide bonds. The van der Waals surface area contributed by atoms with E-state index in [0.29, 0.717) is 18.2 Å². The maximum absolute atomic E-state index is 12.0. The van der Waals surface area contributed by atoms with Crippen LogP contribution in [-0.4, -0.2) is 23.4 Å². The van der Waals surface area contributed by atoms with Crippen molar-refractivity contribution in [3.8, 4) is 0 Å². The van der Waals surface area contributed by atoms with Gasteiger partial charge in [0.25, 0.3) is 0 Å². The van der Waals surface area contributed by atoms with Crippen LogP contribution >= 0.6 is 0 Å². The third-order valence-corrected chi connectivity index (χ3v) is 3.32. The van der Waals surface area contributed by atoms with E-state index in [9.17, 15) is 4.79 Å². The Bertz CT molecular complexity index is 209. The monoisotopic (exact) mass is 257 g/mol. The van der Waals surface area contributed by atoms with Crippen LogP contribution in [0.4, 0.5) is 0 Å². The topological polar surface area (TPSA) is 20.3 Å². The summed E-state index contributed by atoms with van der Waals surface area (Å²) in [7, 11) is 1.94. The van der Waals surface area contributed by atoms with E-state index in [-0.39, 0.29) is 5.54 Å². The molecule has 0 saturated carbocycles. The molecule has 110 valence electrons. The molecule has 0 radical (unpaired) electrons. The standard InChI is InChI=1S/C14H29NO.C2H6/c1-7-11-14(4,5)15(6)13(16)10-8-9-12(2)3;1-2/h12H,7-11H2,1-6H3;1-2H3. The van der Waals surface area contributed by atoms with Crippen LogP contribution < -0.4 is 0 Å². The molecule has 0 aliphatic rings. The Hall–Kier alpha value is -0.530. The van der Waals surface area contributed by atoms with Gasteiger partial charge in [-0.3, -0.25) is 4.79 Å². The zero-order valence-electron chi connectivity index (χ0n) is 14.0. The van der Waals surface area contributed by atoms with Gasteiger partial charge < -0.3 is 4.90 Å². The fourth-order valence-electron chi connectivity index (χ4n) is 1.95. The molecular weight excluding hydrogens is 222 g/mol. The van der Waals surface area contributed by atoms with Gasteiger partial charge in [-0.15, -0.1) is 0 Å². The van der Waals surface area contributed by atoms with Gasteiger partial charge in [0.1, 0.15) is 0 Å². The highest BCUT2D eigenvalue weighted by molar-refractivity contribution is 5.76. The lowest BCUT2D eigenvalue weighted by Gasteiger charge is -2.35. The lowest BCUT2D eigenvalue weighted by Crippen LogP contribution is -2.44. The van der Waals surface area contributed by atoms with E-state index < -0.39 is 0 Å². The van der Waals surface area contributed by atoms with Crippen LogP contribution in [-0.2, 0) is 4.79 Å². The van der Waals surface area contributed by atoms with Crippen LogP contribution in [0.15, 0.2) is 0 Å². The summed E-state index contributed by atoms with van der Waals surface area (Å²) < 4.78 is 0. The molecule has 2 heteroatoms. The van der Waals surface area contributed by atoms with Gasteiger partial charge in [0.05, 0.1) is 0 Å². The molecule has 0 spiro atoms. The number of carbonyl (C=O) groups is 1. The highest BCUT2D eigenvalue weighted by Crippen LogP contribution is 2.20. The number of nitrogens with zero attached hydrogens (tertiary/aromatic N) is 1. The molecule has 0 bridgehead atoms. The quantitative estimate of drug-likeness (QED) is 0.637. The van der Waals surface area contributed by atoms with Crippen molar-refractivity contribution in [2.45, 2.75) is 86.1 Å². The van der Waals surface area contributed by atoms with Crippen LogP contribution in [0.2, 0.25) is 0 Å². The molecule has 18 heavy (non-hydrogen) atoms. The Kier molecular flexibility index (Phi) is 11.4. The smallest absolute Gasteiger partial charge is 0.222 e. The minimum atomic E-state index is 0.00363. The number of amides is 1. The molecule has 0 fully saturated rings. The van der Waals surface area contributed by atoms with E-state index in [1.54, 1.807) is 0 Å². The molecule has 0 aromatic carbocycles. The lowest BCUT2D eigenvalue weighted by atomic mass is 9.96. The Morgan fingerprint density at radius 1 is 1.22 bits per heavy atom. The predicted molar refractivity (Wildman–Crippen MR) is 81.8 cm³/mol. The van der Waals surface area contributed by atoms with Crippen LogP contribution in [0.3, 0.4) is 0 Å². The van der Waals surface area contributed by atoms with E-state index in [1.807, 2.05) is 25.8 Å². The van der Waals surface area contributed by atoms with E-state index in [4.69, 9.17) is 0 Å². The molecule has 0 rings (SSSR count). The van der Waals surface area contributed by atoms with E-state index in [1.165, 1.54) is 0 Å². The summed E-state index contributed by atoms with van der Waals surface area (Å²) in [6, 6.07) is 0. The molecule has 0 N–H and O–H groups in total. The Morgan fingerprint density at radius 3 is 2.11 bits per heavy atom. The number of hydrogen-bond acceptors (Lipinski definition) is 1. The highest BCUT2D eigenvalue weighted by Gasteiger charge is 2.25. The first-order valence-corrected chi connectivity index (χ1v) is 7.58. The Morgan fingerprint density at radius 2 is 1.72 bits per heavy atom. The average Bonchev–Trinajstić information content (AvgIpc) is 2.30. The van der Waals surface area contributed by atoms with Crippen molar-refractivity contribution in [1.82, 2.24) is 4.90 Å². The van der Waals surface area contributed by atoms with Gasteiger partial charge in [-0.25, -0.2) is 0 Å². The fourth-order valence-corrected chi connectivity index (χ4v) is 1.95. The minimum absolute atomic E-state index is 0.00363. The summed E-state index contributed by atoms with van der Waals surface area (Å²) in [5.74, 6) is 0.987. The summed E-state index contributed by atoms with van der Waals surface area (Å²) >= 11 is 0. The van der Waals surface area contributed by atoms with Crippen LogP contribution in [0.25, 0.3) is 0 Å². The second kappa shape index (κ2) is 10.4. The summed E-state index contributed by atoms with van der Waals surface area (Å²) in [5.41, 5.74) is 0.00363. The Labute approximate surface area is 115 Å². The first-order chi connectivity index (χ1) is 8.31. The number of carbonyl (C=O) groups excluding carboxylic acids is 1. The average molecular weight is 257 g/mol. The lowest BCUT2D eigenvalue weighted by molar-refractivity contribution is -0.135. The summed E-state index contributed by atoms with van der Waals surface area (Å²) in [6.07, 6.45) is 5.05. The van der Waals surface area contributed by atoms with Crippen molar-refractivity contribution >= 4 is 5.91 Å². The third kappa shape index (κ3) is 8.54. The molecule has 0 aromatic heterocycles. The van der Waals surface area contributed by atoms with E-state index in [0.717, 1.165) is 25.7 Å². The van der Waals surface area contributed by atoms with Crippen LogP contribution in [0, 0.1) is 5.92 Å². The largest absolute Gasteiger partial charge is 0.341 e. The molecule has 2 nitrogen and oxygen atoms in total. The first-order valence-electron chi connectivity index (χ1n) is 7.58. The normalized spacial score (nSPS) is 10.9. The second-order valence-corrected chi connectivity index (χ2v) is 5.80. The first kappa shape index (κ1) is 19.8. The SMILES string of the molecule is CC.CCCC(C)(C)N(C)C(=O)CCCC(C)C. The third-order valence-electron chi connectivity index (χ3n) is 3.32. The zero-order valence-corrected chi connectivity index (χ0v) is 14.0. The fraction of sp³-hybridized carbons (Fsp3) is 0.938. The van der Waals surface area contributed by atoms with Crippen molar-refractivity contribution in [3.05, 3.63) is 0 Å². The molecular formula is C16H35NO. The van der Waals surface area contributed by atoms with E-state index in [2.05, 4.69) is 34.6 Å². The van der Waals surface area contributed by atoms with Crippen molar-refractivity contribution in [3.63, 3.8) is 0 Å². The number of hydrogen-bond donors (Lipinski definition) is 0. The Balaban J connectivity index is 0. The van der Waals surface area contributed by atoms with Crippen molar-refractivity contribution in [2.24, 2.45) is 5.92 Å². The minimum Gasteiger partial charge on any atom is -0.341 e. The van der Waals surface area contributed by atoms with Crippen LogP contribution in [0.1, 0.15) is 80.6 Å². The highest BCUT2D eigenvalue weighted by atomic mass is 16.2. The van der Waals surface area contributed by atoms with Gasteiger partial charge in [-0.1, -0.05) is 47.5 Å². The van der Waals surface area contributed by atoms with Gasteiger partial charge in [0.2, 0.25) is 5.91 Å². The van der Waals surface area contributed by atoms with Gasteiger partial charge in [-0.05, 0) is 32.6 Å². The maximum Gasteiger partial charge on any atom is 0.222 e. The molecule has 0 unspecified atom stereocenters. The maximum atomic E-state index is 12.0. The predicted octanol–water partition coefficient (Wildman–Crippen LogP) is 4.88. The molecule has 0 atom stereocenters. The zero-order chi connectivity index (χ0) is 14.8. The second-order valence-electron chi connectivity index (χ2n) is 5.80. The number of rotatable bonds is 7. The van der Waals surface area contributed by atoms with Crippen LogP contribution in [0.5, 0.6) is 0 Å². The molecule has 0 aromatic rings. The summed E-state index contributed by atoms with van der Waals surface area (Å²) in [4.78, 5) is 13.9. The molecule has 0 saturated heterocycles. The van der Waals surface area contributed by atoms with Gasteiger partial charge in [0.15, 0.2) is 0 Å².